The highest BCUT2D eigenvalue weighted by Gasteiger charge is 2.32. The molecule has 0 aromatic rings. The molecule has 0 aliphatic carbocycles. The fourth-order valence-electron chi connectivity index (χ4n) is 6.62. The lowest BCUT2D eigenvalue weighted by Gasteiger charge is -2.34. The number of hydrogen-bond donors (Lipinski definition) is 1. The van der Waals surface area contributed by atoms with Crippen LogP contribution in [0.1, 0.15) is 233 Å². The highest BCUT2D eigenvalue weighted by molar-refractivity contribution is 8.93. The van der Waals surface area contributed by atoms with Gasteiger partial charge in [0.2, 0.25) is 0 Å². The fourth-order valence-corrected chi connectivity index (χ4v) is 6.62. The zero-order chi connectivity index (χ0) is 30.8. The molecule has 0 amide bonds. The van der Waals surface area contributed by atoms with E-state index >= 15 is 0 Å². The van der Waals surface area contributed by atoms with E-state index in [2.05, 4.69) is 20.8 Å². The van der Waals surface area contributed by atoms with Gasteiger partial charge in [0.25, 0.3) is 0 Å². The molecule has 0 unspecified atom stereocenters. The van der Waals surface area contributed by atoms with Crippen LogP contribution in [0.2, 0.25) is 0 Å². The quantitative estimate of drug-likeness (QED) is 0.0538. The van der Waals surface area contributed by atoms with Gasteiger partial charge in [-0.2, -0.15) is 0 Å². The Labute approximate surface area is 282 Å². The van der Waals surface area contributed by atoms with Crippen LogP contribution >= 0.6 is 17.0 Å². The molecule has 0 atom stereocenters. The van der Waals surface area contributed by atoms with Crippen LogP contribution in [0.4, 0.5) is 0 Å². The number of rotatable bonds is 35. The molecule has 0 aliphatic rings. The van der Waals surface area contributed by atoms with Crippen molar-refractivity contribution < 1.29 is 9.53 Å². The van der Waals surface area contributed by atoms with Gasteiger partial charge >= 0.3 is 5.97 Å². The minimum atomic E-state index is -0.281. The molecule has 0 saturated carbocycles. The molecule has 0 bridgehead atoms. The van der Waals surface area contributed by atoms with Crippen molar-refractivity contribution in [3.8, 4) is 0 Å². The van der Waals surface area contributed by atoms with E-state index in [0.717, 1.165) is 19.3 Å². The van der Waals surface area contributed by atoms with Crippen molar-refractivity contribution in [1.29, 1.82) is 0 Å². The molecule has 0 radical (unpaired) electrons. The van der Waals surface area contributed by atoms with Crippen LogP contribution in [0.15, 0.2) is 0 Å². The van der Waals surface area contributed by atoms with E-state index in [9.17, 15) is 4.79 Å². The molecule has 0 fully saturated rings. The highest BCUT2D eigenvalue weighted by atomic mass is 79.9. The number of esters is 1. The standard InChI is InChI=1S/C39H79NO2.BrH/c1-4-7-10-13-16-19-22-25-28-31-34-39(42-38(41)37-40,35-32-29-26-23-20-17-14-11-8-5-2)36-33-30-27-24-21-18-15-12-9-6-3;/h4-37,40H2,1-3H3;1H. The summed E-state index contributed by atoms with van der Waals surface area (Å²) in [6.45, 7) is 6.88. The third-order valence-corrected chi connectivity index (χ3v) is 9.45. The van der Waals surface area contributed by atoms with Crippen LogP contribution in [0.25, 0.3) is 0 Å². The normalized spacial score (nSPS) is 11.5. The largest absolute Gasteiger partial charge is 0.458 e. The van der Waals surface area contributed by atoms with Crippen LogP contribution in [0.3, 0.4) is 0 Å². The Balaban J connectivity index is 0. The molecular formula is C39H80BrNO2. The molecule has 2 N–H and O–H groups in total. The van der Waals surface area contributed by atoms with Crippen LogP contribution in [-0.4, -0.2) is 18.1 Å². The van der Waals surface area contributed by atoms with Crippen molar-refractivity contribution in [2.45, 2.75) is 238 Å². The summed E-state index contributed by atoms with van der Waals surface area (Å²) in [6, 6.07) is 0. The Hall–Kier alpha value is -0.0900. The lowest BCUT2D eigenvalue weighted by molar-refractivity contribution is -0.161. The lowest BCUT2D eigenvalue weighted by Crippen LogP contribution is -2.37. The van der Waals surface area contributed by atoms with E-state index in [1.54, 1.807) is 0 Å². The number of carbonyl (C=O) groups excluding carboxylic acids is 1. The topological polar surface area (TPSA) is 52.3 Å². The average molecular weight is 675 g/mol. The average Bonchev–Trinajstić information content (AvgIpc) is 3.00. The molecule has 0 aromatic carbocycles. The SMILES string of the molecule is Br.CCCCCCCCCCCCC(CCCCCCCCCCCC)(CCCCCCCCCCCC)OC(=O)CN. The molecule has 4 heteroatoms. The minimum absolute atomic E-state index is 0. The number of ether oxygens (including phenoxy) is 1. The Morgan fingerprint density at radius 3 is 0.837 bits per heavy atom. The number of nitrogens with two attached hydrogens (primary N) is 1. The maximum absolute atomic E-state index is 12.5. The molecule has 260 valence electrons. The fraction of sp³-hybridized carbons (Fsp3) is 0.974. The predicted octanol–water partition coefficient (Wildman–Crippen LogP) is 13.7. The van der Waals surface area contributed by atoms with E-state index in [1.165, 1.54) is 193 Å². The van der Waals surface area contributed by atoms with Crippen molar-refractivity contribution in [1.82, 2.24) is 0 Å². The summed E-state index contributed by atoms with van der Waals surface area (Å²) in [4.78, 5) is 12.5. The first-order valence-corrected chi connectivity index (χ1v) is 19.6. The van der Waals surface area contributed by atoms with Gasteiger partial charge in [0.15, 0.2) is 0 Å². The second-order valence-corrected chi connectivity index (χ2v) is 13.7. The van der Waals surface area contributed by atoms with Gasteiger partial charge in [-0.15, -0.1) is 17.0 Å². The van der Waals surface area contributed by atoms with Gasteiger partial charge in [0.1, 0.15) is 5.60 Å². The first-order chi connectivity index (χ1) is 20.6. The highest BCUT2D eigenvalue weighted by Crippen LogP contribution is 2.33. The zero-order valence-corrected chi connectivity index (χ0v) is 31.6. The van der Waals surface area contributed by atoms with Crippen molar-refractivity contribution in [3.05, 3.63) is 0 Å². The Morgan fingerprint density at radius 1 is 0.419 bits per heavy atom. The van der Waals surface area contributed by atoms with Crippen molar-refractivity contribution in [3.63, 3.8) is 0 Å². The molecule has 0 saturated heterocycles. The van der Waals surface area contributed by atoms with Gasteiger partial charge in [0, 0.05) is 0 Å². The van der Waals surface area contributed by atoms with Crippen molar-refractivity contribution in [2.24, 2.45) is 5.73 Å². The van der Waals surface area contributed by atoms with Gasteiger partial charge in [-0.05, 0) is 38.5 Å². The Kier molecular flexibility index (Phi) is 38.1. The van der Waals surface area contributed by atoms with Gasteiger partial charge in [-0.3, -0.25) is 4.79 Å². The van der Waals surface area contributed by atoms with E-state index in [-0.39, 0.29) is 35.1 Å². The number of hydrogen-bond acceptors (Lipinski definition) is 3. The molecule has 0 aromatic heterocycles. The second kappa shape index (κ2) is 36.4. The molecule has 0 aliphatic heterocycles. The number of carbonyl (C=O) groups is 1. The third-order valence-electron chi connectivity index (χ3n) is 9.45. The molecule has 0 spiro atoms. The third kappa shape index (κ3) is 31.7. The molecule has 3 nitrogen and oxygen atoms in total. The van der Waals surface area contributed by atoms with Crippen molar-refractivity contribution >= 4 is 23.0 Å². The summed E-state index contributed by atoms with van der Waals surface area (Å²) in [6.07, 6.45) is 43.5. The van der Waals surface area contributed by atoms with Crippen molar-refractivity contribution in [2.75, 3.05) is 6.54 Å². The van der Waals surface area contributed by atoms with Crippen LogP contribution in [0.5, 0.6) is 0 Å². The summed E-state index contributed by atoms with van der Waals surface area (Å²) in [5, 5.41) is 0. The van der Waals surface area contributed by atoms with Gasteiger partial charge in [-0.1, -0.05) is 194 Å². The zero-order valence-electron chi connectivity index (χ0n) is 29.8. The van der Waals surface area contributed by atoms with Crippen LogP contribution < -0.4 is 5.73 Å². The lowest BCUT2D eigenvalue weighted by atomic mass is 9.84. The Morgan fingerprint density at radius 2 is 0.628 bits per heavy atom. The summed E-state index contributed by atoms with van der Waals surface area (Å²) >= 11 is 0. The summed E-state index contributed by atoms with van der Waals surface area (Å²) in [5.74, 6) is -0.193. The van der Waals surface area contributed by atoms with E-state index in [1.807, 2.05) is 0 Å². The Bertz CT molecular complexity index is 482. The van der Waals surface area contributed by atoms with Gasteiger partial charge in [-0.25, -0.2) is 0 Å². The molecule has 43 heavy (non-hydrogen) atoms. The maximum atomic E-state index is 12.5. The molecular weight excluding hydrogens is 594 g/mol. The van der Waals surface area contributed by atoms with Gasteiger partial charge in [0.05, 0.1) is 6.54 Å². The van der Waals surface area contributed by atoms with Gasteiger partial charge < -0.3 is 10.5 Å². The maximum Gasteiger partial charge on any atom is 0.320 e. The number of unbranched alkanes of at least 4 members (excludes halogenated alkanes) is 27. The summed E-state index contributed by atoms with van der Waals surface area (Å²) in [5.41, 5.74) is 5.48. The second-order valence-electron chi connectivity index (χ2n) is 13.7. The van der Waals surface area contributed by atoms with E-state index in [4.69, 9.17) is 10.5 Å². The number of halogens is 1. The smallest absolute Gasteiger partial charge is 0.320 e. The first-order valence-electron chi connectivity index (χ1n) is 19.6. The molecule has 0 heterocycles. The first kappa shape index (κ1) is 45.0. The summed E-state index contributed by atoms with van der Waals surface area (Å²) in [7, 11) is 0. The monoisotopic (exact) mass is 674 g/mol. The minimum Gasteiger partial charge on any atom is -0.458 e. The van der Waals surface area contributed by atoms with Crippen LogP contribution in [-0.2, 0) is 9.53 Å². The van der Waals surface area contributed by atoms with E-state index < -0.39 is 0 Å². The van der Waals surface area contributed by atoms with Crippen LogP contribution in [0, 0.1) is 0 Å². The summed E-state index contributed by atoms with van der Waals surface area (Å²) < 4.78 is 6.27. The van der Waals surface area contributed by atoms with E-state index in [0.29, 0.717) is 0 Å². The predicted molar refractivity (Wildman–Crippen MR) is 198 cm³/mol. The molecule has 0 rings (SSSR count).